The number of amides is 1. The van der Waals surface area contributed by atoms with Crippen molar-refractivity contribution >= 4 is 11.6 Å². The van der Waals surface area contributed by atoms with E-state index < -0.39 is 25.2 Å². The first kappa shape index (κ1) is 16.4. The molecule has 0 unspecified atom stereocenters. The van der Waals surface area contributed by atoms with E-state index in [-0.39, 0.29) is 17.2 Å². The van der Waals surface area contributed by atoms with Crippen molar-refractivity contribution in [2.24, 2.45) is 0 Å². The van der Waals surface area contributed by atoms with E-state index >= 15 is 0 Å². The Labute approximate surface area is 132 Å². The molecule has 12 heteroatoms. The highest BCUT2D eigenvalue weighted by Gasteiger charge is 2.29. The minimum atomic E-state index is -4.79. The smallest absolute Gasteiger partial charge is 0.337 e. The number of alkyl halides is 3. The SMILES string of the molecule is O=C(c1ncn2c(=O)n(CCOC(F)(F)F)nnc12)N1CCCC1. The summed E-state index contributed by atoms with van der Waals surface area (Å²) in [5.74, 6) is -0.346. The summed E-state index contributed by atoms with van der Waals surface area (Å²) in [5, 5.41) is 7.28. The fourth-order valence-corrected chi connectivity index (χ4v) is 2.45. The molecule has 9 nitrogen and oxygen atoms in total. The Bertz CT molecular complexity index is 808. The number of aromatic nitrogens is 5. The number of likely N-dealkylation sites (tertiary alicyclic amines) is 1. The topological polar surface area (TPSA) is 94.6 Å². The Morgan fingerprint density at radius 3 is 2.67 bits per heavy atom. The zero-order valence-corrected chi connectivity index (χ0v) is 12.4. The molecule has 24 heavy (non-hydrogen) atoms. The third-order valence-electron chi connectivity index (χ3n) is 3.58. The maximum absolute atomic E-state index is 12.3. The van der Waals surface area contributed by atoms with Gasteiger partial charge in [-0.3, -0.25) is 9.53 Å². The van der Waals surface area contributed by atoms with Gasteiger partial charge in [0.05, 0.1) is 13.2 Å². The maximum Gasteiger partial charge on any atom is 0.522 e. The molecule has 0 bridgehead atoms. The van der Waals surface area contributed by atoms with Crippen LogP contribution in [0.1, 0.15) is 23.3 Å². The molecular weight excluding hydrogens is 333 g/mol. The number of fused-ring (bicyclic) bond motifs is 1. The van der Waals surface area contributed by atoms with E-state index in [1.165, 1.54) is 0 Å². The summed E-state index contributed by atoms with van der Waals surface area (Å²) in [4.78, 5) is 30.0. The molecule has 3 rings (SSSR count). The van der Waals surface area contributed by atoms with Gasteiger partial charge in [0.15, 0.2) is 11.3 Å². The van der Waals surface area contributed by atoms with Gasteiger partial charge >= 0.3 is 12.1 Å². The third kappa shape index (κ3) is 3.22. The Hall–Kier alpha value is -2.50. The molecular formula is C12H13F3N6O3. The van der Waals surface area contributed by atoms with Crippen LogP contribution in [0.15, 0.2) is 11.1 Å². The summed E-state index contributed by atoms with van der Waals surface area (Å²) < 4.78 is 41.1. The second kappa shape index (κ2) is 6.19. The van der Waals surface area contributed by atoms with Gasteiger partial charge in [-0.2, -0.15) is 4.68 Å². The number of nitrogens with zero attached hydrogens (tertiary/aromatic N) is 6. The van der Waals surface area contributed by atoms with E-state index in [1.54, 1.807) is 4.90 Å². The molecule has 0 saturated carbocycles. The van der Waals surface area contributed by atoms with E-state index in [1.807, 2.05) is 0 Å². The summed E-state index contributed by atoms with van der Waals surface area (Å²) in [6, 6.07) is 0. The lowest BCUT2D eigenvalue weighted by Gasteiger charge is -2.13. The lowest BCUT2D eigenvalue weighted by molar-refractivity contribution is -0.325. The molecule has 1 fully saturated rings. The van der Waals surface area contributed by atoms with Crippen molar-refractivity contribution in [3.63, 3.8) is 0 Å². The number of hydrogen-bond acceptors (Lipinski definition) is 6. The normalized spacial score (nSPS) is 15.4. The maximum atomic E-state index is 12.3. The van der Waals surface area contributed by atoms with Crippen LogP contribution in [0, 0.1) is 0 Å². The van der Waals surface area contributed by atoms with E-state index in [2.05, 4.69) is 20.0 Å². The molecule has 1 amide bonds. The molecule has 3 heterocycles. The van der Waals surface area contributed by atoms with E-state index in [9.17, 15) is 22.8 Å². The molecule has 1 aliphatic heterocycles. The molecule has 2 aromatic rings. The Morgan fingerprint density at radius 1 is 1.29 bits per heavy atom. The van der Waals surface area contributed by atoms with Gasteiger partial charge < -0.3 is 4.90 Å². The number of rotatable bonds is 4. The minimum absolute atomic E-state index is 0.000177. The number of carbonyl (C=O) groups excluding carboxylic acids is 1. The summed E-state index contributed by atoms with van der Waals surface area (Å²) in [7, 11) is 0. The molecule has 1 saturated heterocycles. The molecule has 0 spiro atoms. The first-order valence-electron chi connectivity index (χ1n) is 7.17. The molecule has 0 N–H and O–H groups in total. The van der Waals surface area contributed by atoms with Crippen molar-refractivity contribution in [1.29, 1.82) is 0 Å². The van der Waals surface area contributed by atoms with Crippen LogP contribution >= 0.6 is 0 Å². The van der Waals surface area contributed by atoms with E-state index in [4.69, 9.17) is 0 Å². The molecule has 130 valence electrons. The van der Waals surface area contributed by atoms with Gasteiger partial charge in [0.25, 0.3) is 5.91 Å². The van der Waals surface area contributed by atoms with Crippen LogP contribution in [-0.4, -0.2) is 61.2 Å². The zero-order valence-electron chi connectivity index (χ0n) is 12.4. The highest BCUT2D eigenvalue weighted by molar-refractivity contribution is 5.97. The van der Waals surface area contributed by atoms with Gasteiger partial charge in [-0.25, -0.2) is 14.2 Å². The second-order valence-electron chi connectivity index (χ2n) is 5.18. The van der Waals surface area contributed by atoms with Crippen molar-refractivity contribution < 1.29 is 22.7 Å². The Balaban J connectivity index is 1.83. The summed E-state index contributed by atoms with van der Waals surface area (Å²) in [6.45, 7) is 0.000974. The van der Waals surface area contributed by atoms with Crippen LogP contribution < -0.4 is 5.69 Å². The van der Waals surface area contributed by atoms with Gasteiger partial charge in [-0.1, -0.05) is 5.21 Å². The average Bonchev–Trinajstić information content (AvgIpc) is 3.17. The predicted molar refractivity (Wildman–Crippen MR) is 72.2 cm³/mol. The van der Waals surface area contributed by atoms with Crippen LogP contribution in [0.3, 0.4) is 0 Å². The van der Waals surface area contributed by atoms with Crippen LogP contribution in [0.5, 0.6) is 0 Å². The van der Waals surface area contributed by atoms with Crippen molar-refractivity contribution in [1.82, 2.24) is 29.3 Å². The Morgan fingerprint density at radius 2 is 2.00 bits per heavy atom. The Kier molecular flexibility index (Phi) is 4.22. The minimum Gasteiger partial charge on any atom is -0.337 e. The quantitative estimate of drug-likeness (QED) is 0.777. The molecule has 1 aliphatic rings. The summed E-state index contributed by atoms with van der Waals surface area (Å²) >= 11 is 0. The van der Waals surface area contributed by atoms with Crippen molar-refractivity contribution in [2.45, 2.75) is 25.7 Å². The van der Waals surface area contributed by atoms with Crippen molar-refractivity contribution in [3.05, 3.63) is 22.5 Å². The molecule has 0 aromatic carbocycles. The molecule has 0 radical (unpaired) electrons. The summed E-state index contributed by atoms with van der Waals surface area (Å²) in [6.07, 6.45) is -1.88. The highest BCUT2D eigenvalue weighted by atomic mass is 19.4. The van der Waals surface area contributed by atoms with Gasteiger partial charge in [-0.05, 0) is 12.8 Å². The second-order valence-corrected chi connectivity index (χ2v) is 5.18. The number of hydrogen-bond donors (Lipinski definition) is 0. The van der Waals surface area contributed by atoms with Crippen LogP contribution in [-0.2, 0) is 11.3 Å². The zero-order chi connectivity index (χ0) is 17.3. The van der Waals surface area contributed by atoms with Crippen molar-refractivity contribution in [2.75, 3.05) is 19.7 Å². The van der Waals surface area contributed by atoms with Gasteiger partial charge in [-0.15, -0.1) is 18.3 Å². The lowest BCUT2D eigenvalue weighted by atomic mass is 10.4. The molecule has 0 atom stereocenters. The van der Waals surface area contributed by atoms with E-state index in [0.29, 0.717) is 17.8 Å². The number of imidazole rings is 1. The van der Waals surface area contributed by atoms with Gasteiger partial charge in [0.2, 0.25) is 0 Å². The fraction of sp³-hybridized carbons (Fsp3) is 0.583. The van der Waals surface area contributed by atoms with Gasteiger partial charge in [0.1, 0.15) is 6.33 Å². The summed E-state index contributed by atoms with van der Waals surface area (Å²) in [5.41, 5.74) is -0.774. The fourth-order valence-electron chi connectivity index (χ4n) is 2.45. The predicted octanol–water partition coefficient (Wildman–Crippen LogP) is 0.0584. The monoisotopic (exact) mass is 346 g/mol. The number of halogens is 3. The molecule has 0 aliphatic carbocycles. The van der Waals surface area contributed by atoms with Crippen molar-refractivity contribution in [3.8, 4) is 0 Å². The van der Waals surface area contributed by atoms with Crippen LogP contribution in [0.2, 0.25) is 0 Å². The van der Waals surface area contributed by atoms with E-state index in [0.717, 1.165) is 23.6 Å². The highest BCUT2D eigenvalue weighted by Crippen LogP contribution is 2.16. The van der Waals surface area contributed by atoms with Crippen LogP contribution in [0.4, 0.5) is 13.2 Å². The van der Waals surface area contributed by atoms with Crippen LogP contribution in [0.25, 0.3) is 5.65 Å². The first-order valence-corrected chi connectivity index (χ1v) is 7.17. The average molecular weight is 346 g/mol. The third-order valence-corrected chi connectivity index (χ3v) is 3.58. The first-order chi connectivity index (χ1) is 11.4. The largest absolute Gasteiger partial charge is 0.522 e. The number of carbonyl (C=O) groups is 1. The molecule has 2 aromatic heterocycles. The number of ether oxygens (including phenoxy) is 1. The lowest BCUT2D eigenvalue weighted by Crippen LogP contribution is -2.33. The standard InChI is InChI=1S/C12H13F3N6O3/c13-12(14,15)24-6-5-21-11(23)20-7-16-8(9(20)17-18-21)10(22)19-3-1-2-4-19/h7H,1-6H2. The van der Waals surface area contributed by atoms with Gasteiger partial charge in [0, 0.05) is 13.1 Å².